The molecule has 0 fully saturated rings. The van der Waals surface area contributed by atoms with Gasteiger partial charge in [0.05, 0.1) is 12.2 Å². The molecule has 1 aromatic rings. The molecule has 4 nitrogen and oxygen atoms in total. The quantitative estimate of drug-likeness (QED) is 0.814. The fourth-order valence-electron chi connectivity index (χ4n) is 1.65. The summed E-state index contributed by atoms with van der Waals surface area (Å²) in [5, 5.41) is 0. The van der Waals surface area contributed by atoms with Gasteiger partial charge in [-0.25, -0.2) is 0 Å². The van der Waals surface area contributed by atoms with Crippen molar-refractivity contribution >= 4 is 0 Å². The summed E-state index contributed by atoms with van der Waals surface area (Å²) in [6, 6.07) is 5.49. The average Bonchev–Trinajstić information content (AvgIpc) is 2.26. The Labute approximate surface area is 109 Å². The first-order valence-corrected chi connectivity index (χ1v) is 6.37. The minimum atomic E-state index is -0.216. The lowest BCUT2D eigenvalue weighted by Crippen LogP contribution is -2.22. The number of nitrogens with two attached hydrogens (primary N) is 2. The molecule has 0 saturated carbocycles. The van der Waals surface area contributed by atoms with Crippen molar-refractivity contribution in [3.05, 3.63) is 23.8 Å². The van der Waals surface area contributed by atoms with Gasteiger partial charge in [0.15, 0.2) is 0 Å². The highest BCUT2D eigenvalue weighted by atomic mass is 16.5. The van der Waals surface area contributed by atoms with E-state index in [2.05, 4.69) is 0 Å². The van der Waals surface area contributed by atoms with E-state index >= 15 is 0 Å². The van der Waals surface area contributed by atoms with Crippen molar-refractivity contribution < 1.29 is 9.47 Å². The fourth-order valence-corrected chi connectivity index (χ4v) is 1.65. The van der Waals surface area contributed by atoms with Crippen molar-refractivity contribution in [3.8, 4) is 11.5 Å². The standard InChI is InChI=1S/C14H24N2O2/c1-9(2)17-11-5-6-12(13(16)8-15)14(7-11)18-10(3)4/h5-7,9-10,13H,8,15-16H2,1-4H3. The third-order valence-corrected chi connectivity index (χ3v) is 2.37. The molecule has 1 atom stereocenters. The van der Waals surface area contributed by atoms with E-state index < -0.39 is 0 Å². The topological polar surface area (TPSA) is 70.5 Å². The second-order valence-electron chi connectivity index (χ2n) is 4.88. The summed E-state index contributed by atoms with van der Waals surface area (Å²) in [6.45, 7) is 8.32. The van der Waals surface area contributed by atoms with E-state index in [1.54, 1.807) is 0 Å². The lowest BCUT2D eigenvalue weighted by Gasteiger charge is -2.19. The molecule has 18 heavy (non-hydrogen) atoms. The second-order valence-corrected chi connectivity index (χ2v) is 4.88. The molecule has 0 aliphatic rings. The number of hydrogen-bond donors (Lipinski definition) is 2. The van der Waals surface area contributed by atoms with Crippen LogP contribution in [0, 0.1) is 0 Å². The minimum absolute atomic E-state index is 0.0861. The zero-order valence-electron chi connectivity index (χ0n) is 11.6. The third kappa shape index (κ3) is 4.20. The zero-order valence-corrected chi connectivity index (χ0v) is 11.6. The van der Waals surface area contributed by atoms with Crippen LogP contribution in [0.25, 0.3) is 0 Å². The van der Waals surface area contributed by atoms with Crippen molar-refractivity contribution in [2.75, 3.05) is 6.54 Å². The van der Waals surface area contributed by atoms with Crippen molar-refractivity contribution in [1.29, 1.82) is 0 Å². The number of benzene rings is 1. The smallest absolute Gasteiger partial charge is 0.128 e. The molecule has 0 amide bonds. The van der Waals surface area contributed by atoms with E-state index in [9.17, 15) is 0 Å². The lowest BCUT2D eigenvalue weighted by molar-refractivity contribution is 0.227. The van der Waals surface area contributed by atoms with Gasteiger partial charge in [-0.15, -0.1) is 0 Å². The SMILES string of the molecule is CC(C)Oc1ccc(C(N)CN)c(OC(C)C)c1. The van der Waals surface area contributed by atoms with Gasteiger partial charge in [-0.1, -0.05) is 6.07 Å². The summed E-state index contributed by atoms with van der Waals surface area (Å²) < 4.78 is 11.4. The molecule has 4 heteroatoms. The second kappa shape index (κ2) is 6.61. The maximum atomic E-state index is 5.98. The van der Waals surface area contributed by atoms with Gasteiger partial charge in [-0.2, -0.15) is 0 Å². The van der Waals surface area contributed by atoms with E-state index in [0.717, 1.165) is 17.1 Å². The Morgan fingerprint density at radius 3 is 2.17 bits per heavy atom. The van der Waals surface area contributed by atoms with Crippen LogP contribution in [0.3, 0.4) is 0 Å². The Morgan fingerprint density at radius 2 is 1.67 bits per heavy atom. The molecule has 1 rings (SSSR count). The van der Waals surface area contributed by atoms with Crippen molar-refractivity contribution in [2.24, 2.45) is 11.5 Å². The van der Waals surface area contributed by atoms with Crippen LogP contribution in [-0.2, 0) is 0 Å². The van der Waals surface area contributed by atoms with E-state index in [4.69, 9.17) is 20.9 Å². The predicted molar refractivity (Wildman–Crippen MR) is 74.0 cm³/mol. The molecule has 4 N–H and O–H groups in total. The van der Waals surface area contributed by atoms with Gasteiger partial charge in [0.25, 0.3) is 0 Å². The van der Waals surface area contributed by atoms with Crippen LogP contribution in [-0.4, -0.2) is 18.8 Å². The molecule has 102 valence electrons. The van der Waals surface area contributed by atoms with Gasteiger partial charge in [0.2, 0.25) is 0 Å². The summed E-state index contributed by atoms with van der Waals surface area (Å²) in [7, 11) is 0. The van der Waals surface area contributed by atoms with E-state index in [1.807, 2.05) is 45.9 Å². The van der Waals surface area contributed by atoms with Crippen LogP contribution in [0.2, 0.25) is 0 Å². The summed E-state index contributed by atoms with van der Waals surface area (Å²) in [5.41, 5.74) is 12.5. The van der Waals surface area contributed by atoms with Crippen LogP contribution in [0.15, 0.2) is 18.2 Å². The summed E-state index contributed by atoms with van der Waals surface area (Å²) in [4.78, 5) is 0. The highest BCUT2D eigenvalue weighted by Gasteiger charge is 2.13. The van der Waals surface area contributed by atoms with Gasteiger partial charge >= 0.3 is 0 Å². The molecule has 0 aromatic heterocycles. The first-order chi connectivity index (χ1) is 8.43. The Hall–Kier alpha value is -1.26. The van der Waals surface area contributed by atoms with Crippen LogP contribution < -0.4 is 20.9 Å². The fraction of sp³-hybridized carbons (Fsp3) is 0.571. The molecule has 0 saturated heterocycles. The Morgan fingerprint density at radius 1 is 1.06 bits per heavy atom. The molecule has 0 spiro atoms. The van der Waals surface area contributed by atoms with Crippen molar-refractivity contribution in [3.63, 3.8) is 0 Å². The summed E-state index contributed by atoms with van der Waals surface area (Å²) in [5.74, 6) is 1.54. The average molecular weight is 252 g/mol. The molecule has 0 aliphatic heterocycles. The monoisotopic (exact) mass is 252 g/mol. The third-order valence-electron chi connectivity index (χ3n) is 2.37. The van der Waals surface area contributed by atoms with E-state index in [0.29, 0.717) is 6.54 Å². The van der Waals surface area contributed by atoms with Gasteiger partial charge < -0.3 is 20.9 Å². The minimum Gasteiger partial charge on any atom is -0.491 e. The maximum Gasteiger partial charge on any atom is 0.128 e. The molecule has 0 bridgehead atoms. The van der Waals surface area contributed by atoms with Crippen LogP contribution in [0.5, 0.6) is 11.5 Å². The molecule has 1 aromatic carbocycles. The van der Waals surface area contributed by atoms with Crippen LogP contribution in [0.1, 0.15) is 39.3 Å². The van der Waals surface area contributed by atoms with E-state index in [-0.39, 0.29) is 18.2 Å². The highest BCUT2D eigenvalue weighted by molar-refractivity contribution is 5.42. The largest absolute Gasteiger partial charge is 0.491 e. The summed E-state index contributed by atoms with van der Waals surface area (Å²) >= 11 is 0. The van der Waals surface area contributed by atoms with Gasteiger partial charge in [0, 0.05) is 24.2 Å². The van der Waals surface area contributed by atoms with Gasteiger partial charge in [-0.05, 0) is 33.8 Å². The molecule has 0 aliphatic carbocycles. The molecular formula is C14H24N2O2. The summed E-state index contributed by atoms with van der Waals surface area (Å²) in [6.07, 6.45) is 0.217. The van der Waals surface area contributed by atoms with Crippen molar-refractivity contribution in [1.82, 2.24) is 0 Å². The maximum absolute atomic E-state index is 5.98. The number of hydrogen-bond acceptors (Lipinski definition) is 4. The van der Waals surface area contributed by atoms with Crippen LogP contribution in [0.4, 0.5) is 0 Å². The normalized spacial score (nSPS) is 12.9. The lowest BCUT2D eigenvalue weighted by atomic mass is 10.1. The van der Waals surface area contributed by atoms with E-state index in [1.165, 1.54) is 0 Å². The van der Waals surface area contributed by atoms with Crippen molar-refractivity contribution in [2.45, 2.75) is 45.9 Å². The molecule has 1 unspecified atom stereocenters. The van der Waals surface area contributed by atoms with Gasteiger partial charge in [0.1, 0.15) is 11.5 Å². The molecule has 0 radical (unpaired) electrons. The first kappa shape index (κ1) is 14.8. The first-order valence-electron chi connectivity index (χ1n) is 6.37. The zero-order chi connectivity index (χ0) is 13.7. The highest BCUT2D eigenvalue weighted by Crippen LogP contribution is 2.29. The molecule has 0 heterocycles. The Bertz CT molecular complexity index is 378. The number of rotatable bonds is 6. The predicted octanol–water partition coefficient (Wildman–Crippen LogP) is 2.22. The Balaban J connectivity index is 3.03. The molecular weight excluding hydrogens is 228 g/mol. The van der Waals surface area contributed by atoms with Crippen LogP contribution >= 0.6 is 0 Å². The Kier molecular flexibility index (Phi) is 5.44. The van der Waals surface area contributed by atoms with Gasteiger partial charge in [-0.3, -0.25) is 0 Å². The number of ether oxygens (including phenoxy) is 2.